The van der Waals surface area contributed by atoms with Crippen LogP contribution >= 0.6 is 0 Å². The minimum absolute atomic E-state index is 0.385. The van der Waals surface area contributed by atoms with Crippen LogP contribution in [0.15, 0.2) is 53.1 Å². The number of hydrogen-bond donors (Lipinski definition) is 1. The highest BCUT2D eigenvalue weighted by Gasteiger charge is 2.03. The summed E-state index contributed by atoms with van der Waals surface area (Å²) in [5.41, 5.74) is 1.32. The van der Waals surface area contributed by atoms with Gasteiger partial charge in [0.05, 0.1) is 6.26 Å². The van der Waals surface area contributed by atoms with E-state index in [1.165, 1.54) is 5.56 Å². The van der Waals surface area contributed by atoms with Crippen LogP contribution in [0.5, 0.6) is 0 Å². The highest BCUT2D eigenvalue weighted by molar-refractivity contribution is 5.18. The molecule has 0 aliphatic carbocycles. The van der Waals surface area contributed by atoms with Gasteiger partial charge < -0.3 is 9.73 Å². The highest BCUT2D eigenvalue weighted by Crippen LogP contribution is 2.11. The van der Waals surface area contributed by atoms with Crippen molar-refractivity contribution in [2.75, 3.05) is 6.54 Å². The van der Waals surface area contributed by atoms with Crippen molar-refractivity contribution in [1.29, 1.82) is 0 Å². The molecule has 1 aromatic heterocycles. The summed E-state index contributed by atoms with van der Waals surface area (Å²) >= 11 is 0. The second kappa shape index (κ2) is 5.52. The molecule has 0 unspecified atom stereocenters. The maximum Gasteiger partial charge on any atom is 0.105 e. The van der Waals surface area contributed by atoms with Crippen molar-refractivity contribution >= 4 is 0 Å². The van der Waals surface area contributed by atoms with Gasteiger partial charge in [0.15, 0.2) is 0 Å². The molecular weight excluding hydrogens is 198 g/mol. The van der Waals surface area contributed by atoms with Gasteiger partial charge >= 0.3 is 0 Å². The normalized spacial score (nSPS) is 12.6. The first-order chi connectivity index (χ1) is 7.86. The van der Waals surface area contributed by atoms with Crippen LogP contribution in [-0.4, -0.2) is 6.54 Å². The summed E-state index contributed by atoms with van der Waals surface area (Å²) in [5, 5.41) is 3.48. The lowest BCUT2D eigenvalue weighted by Crippen LogP contribution is -2.21. The zero-order valence-corrected chi connectivity index (χ0v) is 9.52. The first-order valence-corrected chi connectivity index (χ1v) is 5.67. The predicted molar refractivity (Wildman–Crippen MR) is 65.3 cm³/mol. The molecule has 2 aromatic rings. The lowest BCUT2D eigenvalue weighted by atomic mass is 10.1. The molecule has 0 amide bonds. The maximum absolute atomic E-state index is 5.28. The van der Waals surface area contributed by atoms with Crippen LogP contribution in [0.4, 0.5) is 0 Å². The molecule has 2 rings (SSSR count). The summed E-state index contributed by atoms with van der Waals surface area (Å²) in [7, 11) is 0. The summed E-state index contributed by atoms with van der Waals surface area (Å²) in [6.45, 7) is 3.11. The Kier molecular flexibility index (Phi) is 3.78. The second-order valence-electron chi connectivity index (χ2n) is 3.92. The lowest BCUT2D eigenvalue weighted by molar-refractivity contribution is 0.486. The minimum atomic E-state index is 0.385. The number of nitrogens with one attached hydrogen (secondary N) is 1. The Balaban J connectivity index is 1.78. The molecule has 0 bridgehead atoms. The average molecular weight is 215 g/mol. The van der Waals surface area contributed by atoms with Gasteiger partial charge in [0, 0.05) is 19.0 Å². The van der Waals surface area contributed by atoms with E-state index in [-0.39, 0.29) is 0 Å². The van der Waals surface area contributed by atoms with E-state index in [1.807, 2.05) is 18.2 Å². The van der Waals surface area contributed by atoms with Crippen LogP contribution < -0.4 is 5.32 Å². The SMILES string of the molecule is C[C@H](NCCc1ccco1)c1ccccc1. The monoisotopic (exact) mass is 215 g/mol. The molecule has 1 heterocycles. The maximum atomic E-state index is 5.28. The van der Waals surface area contributed by atoms with E-state index in [1.54, 1.807) is 6.26 Å². The van der Waals surface area contributed by atoms with Crippen molar-refractivity contribution in [2.24, 2.45) is 0 Å². The zero-order valence-electron chi connectivity index (χ0n) is 9.52. The lowest BCUT2D eigenvalue weighted by Gasteiger charge is -2.13. The standard InChI is InChI=1S/C14H17NO/c1-12(13-6-3-2-4-7-13)15-10-9-14-8-5-11-16-14/h2-8,11-12,15H,9-10H2,1H3/t12-/m0/s1. The van der Waals surface area contributed by atoms with Crippen molar-refractivity contribution in [3.05, 3.63) is 60.1 Å². The predicted octanol–water partition coefficient (Wildman–Crippen LogP) is 3.17. The molecule has 0 fully saturated rings. The molecule has 84 valence electrons. The first kappa shape index (κ1) is 11.0. The van der Waals surface area contributed by atoms with Gasteiger partial charge in [-0.1, -0.05) is 30.3 Å². The van der Waals surface area contributed by atoms with Gasteiger partial charge in [0.25, 0.3) is 0 Å². The largest absolute Gasteiger partial charge is 0.469 e. The molecule has 0 radical (unpaired) electrons. The molecule has 0 saturated carbocycles. The van der Waals surface area contributed by atoms with E-state index in [0.717, 1.165) is 18.7 Å². The van der Waals surface area contributed by atoms with Crippen molar-refractivity contribution < 1.29 is 4.42 Å². The summed E-state index contributed by atoms with van der Waals surface area (Å²) in [6, 6.07) is 14.8. The van der Waals surface area contributed by atoms with Gasteiger partial charge in [-0.25, -0.2) is 0 Å². The van der Waals surface area contributed by atoms with E-state index in [4.69, 9.17) is 4.42 Å². The van der Waals surface area contributed by atoms with Crippen molar-refractivity contribution in [1.82, 2.24) is 5.32 Å². The van der Waals surface area contributed by atoms with E-state index in [0.29, 0.717) is 6.04 Å². The third-order valence-electron chi connectivity index (χ3n) is 2.70. The molecule has 0 aliphatic heterocycles. The van der Waals surface area contributed by atoms with E-state index < -0.39 is 0 Å². The van der Waals surface area contributed by atoms with Crippen molar-refractivity contribution in [3.63, 3.8) is 0 Å². The van der Waals surface area contributed by atoms with Crippen LogP contribution in [-0.2, 0) is 6.42 Å². The fourth-order valence-corrected chi connectivity index (χ4v) is 1.73. The van der Waals surface area contributed by atoms with Crippen LogP contribution in [0, 0.1) is 0 Å². The zero-order chi connectivity index (χ0) is 11.2. The van der Waals surface area contributed by atoms with Crippen molar-refractivity contribution in [2.45, 2.75) is 19.4 Å². The number of rotatable bonds is 5. The Morgan fingerprint density at radius 1 is 1.12 bits per heavy atom. The molecule has 2 nitrogen and oxygen atoms in total. The fourth-order valence-electron chi connectivity index (χ4n) is 1.73. The third-order valence-corrected chi connectivity index (χ3v) is 2.70. The van der Waals surface area contributed by atoms with Crippen LogP contribution in [0.25, 0.3) is 0 Å². The van der Waals surface area contributed by atoms with Gasteiger partial charge in [-0.3, -0.25) is 0 Å². The van der Waals surface area contributed by atoms with Gasteiger partial charge in [0.2, 0.25) is 0 Å². The van der Waals surface area contributed by atoms with Gasteiger partial charge in [-0.15, -0.1) is 0 Å². The van der Waals surface area contributed by atoms with E-state index in [2.05, 4.69) is 36.5 Å². The average Bonchev–Trinajstić information content (AvgIpc) is 2.83. The van der Waals surface area contributed by atoms with Crippen molar-refractivity contribution in [3.8, 4) is 0 Å². The summed E-state index contributed by atoms with van der Waals surface area (Å²) < 4.78 is 5.28. The molecule has 1 aromatic carbocycles. The van der Waals surface area contributed by atoms with Gasteiger partial charge in [-0.2, -0.15) is 0 Å². The van der Waals surface area contributed by atoms with Gasteiger partial charge in [-0.05, 0) is 24.6 Å². The minimum Gasteiger partial charge on any atom is -0.469 e. The number of hydrogen-bond acceptors (Lipinski definition) is 2. The molecule has 1 N–H and O–H groups in total. The molecule has 2 heteroatoms. The second-order valence-corrected chi connectivity index (χ2v) is 3.92. The van der Waals surface area contributed by atoms with Gasteiger partial charge in [0.1, 0.15) is 5.76 Å². The highest BCUT2D eigenvalue weighted by atomic mass is 16.3. The molecule has 0 saturated heterocycles. The third kappa shape index (κ3) is 2.97. The van der Waals surface area contributed by atoms with E-state index in [9.17, 15) is 0 Å². The molecule has 1 atom stereocenters. The number of furan rings is 1. The Labute approximate surface area is 96.3 Å². The fraction of sp³-hybridized carbons (Fsp3) is 0.286. The number of benzene rings is 1. The molecule has 0 aliphatic rings. The summed E-state index contributed by atoms with van der Waals surface area (Å²) in [6.07, 6.45) is 2.65. The summed E-state index contributed by atoms with van der Waals surface area (Å²) in [5.74, 6) is 1.03. The van der Waals surface area contributed by atoms with Crippen LogP contribution in [0.1, 0.15) is 24.3 Å². The summed E-state index contributed by atoms with van der Waals surface area (Å²) in [4.78, 5) is 0. The van der Waals surface area contributed by atoms with Crippen LogP contribution in [0.2, 0.25) is 0 Å². The quantitative estimate of drug-likeness (QED) is 0.828. The smallest absolute Gasteiger partial charge is 0.105 e. The van der Waals surface area contributed by atoms with E-state index >= 15 is 0 Å². The topological polar surface area (TPSA) is 25.2 Å². The van der Waals surface area contributed by atoms with Crippen LogP contribution in [0.3, 0.4) is 0 Å². The molecule has 0 spiro atoms. The Morgan fingerprint density at radius 3 is 2.62 bits per heavy atom. The molecule has 16 heavy (non-hydrogen) atoms. The first-order valence-electron chi connectivity index (χ1n) is 5.67. The Bertz CT molecular complexity index is 394. The molecular formula is C14H17NO. The Hall–Kier alpha value is -1.54. The Morgan fingerprint density at radius 2 is 1.94 bits per heavy atom.